The number of rotatable bonds is 9. The molecule has 2 atom stereocenters. The van der Waals surface area contributed by atoms with Crippen molar-refractivity contribution in [2.75, 3.05) is 13.6 Å². The molecule has 0 aliphatic carbocycles. The fourth-order valence-corrected chi connectivity index (χ4v) is 1.63. The normalized spacial score (nSPS) is 12.9. The number of hydrogen-bond donors (Lipinski definition) is 5. The van der Waals surface area contributed by atoms with E-state index in [1.165, 1.54) is 7.05 Å². The number of amides is 2. The summed E-state index contributed by atoms with van der Waals surface area (Å²) in [5.74, 6) is -2.48. The van der Waals surface area contributed by atoms with Gasteiger partial charge in [-0.15, -0.1) is 0 Å². The Balaban J connectivity index is 4.31. The third-order valence-corrected chi connectivity index (χ3v) is 2.76. The van der Waals surface area contributed by atoms with Crippen LogP contribution in [-0.2, 0) is 14.4 Å². The minimum Gasteiger partial charge on any atom is -0.480 e. The first kappa shape index (κ1) is 18.7. The average Bonchev–Trinajstić information content (AvgIpc) is 2.40. The zero-order valence-corrected chi connectivity index (χ0v) is 12.3. The Morgan fingerprint density at radius 3 is 2.38 bits per heavy atom. The zero-order valence-electron chi connectivity index (χ0n) is 12.3. The van der Waals surface area contributed by atoms with E-state index >= 15 is 0 Å². The van der Waals surface area contributed by atoms with Gasteiger partial charge in [-0.2, -0.15) is 0 Å². The maximum Gasteiger partial charge on any atom is 0.326 e. The van der Waals surface area contributed by atoms with Crippen molar-refractivity contribution in [1.82, 2.24) is 10.6 Å². The second-order valence-electron chi connectivity index (χ2n) is 4.63. The molecule has 2 unspecified atom stereocenters. The number of aliphatic imine (C=N–C) groups is 1. The van der Waals surface area contributed by atoms with Crippen LogP contribution in [0.1, 0.15) is 26.2 Å². The predicted molar refractivity (Wildman–Crippen MR) is 77.3 cm³/mol. The molecule has 0 aliphatic rings. The fourth-order valence-electron chi connectivity index (χ4n) is 1.63. The van der Waals surface area contributed by atoms with Gasteiger partial charge < -0.3 is 27.2 Å². The standard InChI is InChI=1S/C12H23N5O4/c1-7(10(19)15-2)6-9(18)17-8(11(20)21)4-3-5-16-12(13)14/h7-8H,3-6H2,1-2H3,(H,15,19)(H,17,18)(H,20,21)(H4,13,14,16). The molecule has 0 fully saturated rings. The zero-order chi connectivity index (χ0) is 16.4. The lowest BCUT2D eigenvalue weighted by atomic mass is 10.1. The first-order chi connectivity index (χ1) is 9.77. The smallest absolute Gasteiger partial charge is 0.326 e. The Hall–Kier alpha value is -2.32. The van der Waals surface area contributed by atoms with Crippen LogP contribution in [0.5, 0.6) is 0 Å². The first-order valence-corrected chi connectivity index (χ1v) is 6.57. The third kappa shape index (κ3) is 8.45. The maximum absolute atomic E-state index is 11.7. The van der Waals surface area contributed by atoms with Gasteiger partial charge in [-0.1, -0.05) is 6.92 Å². The molecule has 0 heterocycles. The van der Waals surface area contributed by atoms with Crippen molar-refractivity contribution in [2.24, 2.45) is 22.4 Å². The van der Waals surface area contributed by atoms with Gasteiger partial charge in [0.1, 0.15) is 6.04 Å². The lowest BCUT2D eigenvalue weighted by Gasteiger charge is -2.15. The van der Waals surface area contributed by atoms with Crippen molar-refractivity contribution in [2.45, 2.75) is 32.2 Å². The number of nitrogens with two attached hydrogens (primary N) is 2. The molecule has 7 N–H and O–H groups in total. The molecule has 0 aliphatic heterocycles. The molecule has 0 saturated heterocycles. The molecule has 0 spiro atoms. The molecule has 0 radical (unpaired) electrons. The number of aliphatic carboxylic acids is 1. The van der Waals surface area contributed by atoms with E-state index in [9.17, 15) is 14.4 Å². The summed E-state index contributed by atoms with van der Waals surface area (Å²) in [6.07, 6.45) is 0.545. The molecule has 0 aromatic heterocycles. The highest BCUT2D eigenvalue weighted by molar-refractivity contribution is 5.87. The first-order valence-electron chi connectivity index (χ1n) is 6.57. The van der Waals surface area contributed by atoms with Crippen molar-refractivity contribution in [3.05, 3.63) is 0 Å². The number of carboxylic acid groups (broad SMARTS) is 1. The summed E-state index contributed by atoms with van der Waals surface area (Å²) in [5, 5.41) is 13.9. The number of carbonyl (C=O) groups excluding carboxylic acids is 2. The van der Waals surface area contributed by atoms with E-state index in [0.717, 1.165) is 0 Å². The van der Waals surface area contributed by atoms with Gasteiger partial charge in [-0.3, -0.25) is 14.6 Å². The Morgan fingerprint density at radius 2 is 1.90 bits per heavy atom. The summed E-state index contributed by atoms with van der Waals surface area (Å²) >= 11 is 0. The monoisotopic (exact) mass is 301 g/mol. The van der Waals surface area contributed by atoms with Crippen LogP contribution in [-0.4, -0.2) is 48.5 Å². The summed E-state index contributed by atoms with van der Waals surface area (Å²) in [6, 6.07) is -1.02. The maximum atomic E-state index is 11.7. The van der Waals surface area contributed by atoms with Gasteiger partial charge in [0, 0.05) is 25.9 Å². The Bertz CT molecular complexity index is 406. The van der Waals surface area contributed by atoms with Crippen molar-refractivity contribution in [3.8, 4) is 0 Å². The van der Waals surface area contributed by atoms with Crippen LogP contribution in [0.2, 0.25) is 0 Å². The molecule has 0 rings (SSSR count). The van der Waals surface area contributed by atoms with Gasteiger partial charge >= 0.3 is 5.97 Å². The molecule has 0 bridgehead atoms. The van der Waals surface area contributed by atoms with Crippen molar-refractivity contribution in [1.29, 1.82) is 0 Å². The average molecular weight is 301 g/mol. The molecule has 21 heavy (non-hydrogen) atoms. The molecular weight excluding hydrogens is 278 g/mol. The van der Waals surface area contributed by atoms with Crippen molar-refractivity contribution < 1.29 is 19.5 Å². The van der Waals surface area contributed by atoms with Gasteiger partial charge in [-0.05, 0) is 12.8 Å². The highest BCUT2D eigenvalue weighted by atomic mass is 16.4. The molecular formula is C12H23N5O4. The van der Waals surface area contributed by atoms with Gasteiger partial charge in [0.15, 0.2) is 5.96 Å². The quantitative estimate of drug-likeness (QED) is 0.195. The summed E-state index contributed by atoms with van der Waals surface area (Å²) in [7, 11) is 1.47. The number of nitrogens with zero attached hydrogens (tertiary/aromatic N) is 1. The molecule has 0 aromatic rings. The second kappa shape index (κ2) is 9.56. The van der Waals surface area contributed by atoms with E-state index in [1.807, 2.05) is 0 Å². The largest absolute Gasteiger partial charge is 0.480 e. The highest BCUT2D eigenvalue weighted by Crippen LogP contribution is 2.04. The van der Waals surface area contributed by atoms with Gasteiger partial charge in [0.25, 0.3) is 0 Å². The summed E-state index contributed by atoms with van der Waals surface area (Å²) in [4.78, 5) is 37.8. The highest BCUT2D eigenvalue weighted by Gasteiger charge is 2.22. The van der Waals surface area contributed by atoms with Crippen LogP contribution in [0.25, 0.3) is 0 Å². The van der Waals surface area contributed by atoms with E-state index in [1.54, 1.807) is 6.92 Å². The van der Waals surface area contributed by atoms with E-state index in [4.69, 9.17) is 16.6 Å². The Labute approximate surface area is 123 Å². The van der Waals surface area contributed by atoms with Crippen molar-refractivity contribution >= 4 is 23.7 Å². The second-order valence-corrected chi connectivity index (χ2v) is 4.63. The number of guanidine groups is 1. The summed E-state index contributed by atoms with van der Waals surface area (Å²) in [6.45, 7) is 1.88. The van der Waals surface area contributed by atoms with Gasteiger partial charge in [0.05, 0.1) is 0 Å². The lowest BCUT2D eigenvalue weighted by molar-refractivity contribution is -0.142. The Morgan fingerprint density at radius 1 is 1.29 bits per heavy atom. The van der Waals surface area contributed by atoms with Crippen molar-refractivity contribution in [3.63, 3.8) is 0 Å². The molecule has 9 heteroatoms. The molecule has 9 nitrogen and oxygen atoms in total. The van der Waals surface area contributed by atoms with Crippen LogP contribution >= 0.6 is 0 Å². The number of carboxylic acids is 1. The number of carbonyl (C=O) groups is 3. The van der Waals surface area contributed by atoms with Crippen LogP contribution < -0.4 is 22.1 Å². The molecule has 0 aromatic carbocycles. The summed E-state index contributed by atoms with van der Waals surface area (Å²) < 4.78 is 0. The van der Waals surface area contributed by atoms with Gasteiger partial charge in [-0.25, -0.2) is 4.79 Å². The van der Waals surface area contributed by atoms with Crippen LogP contribution in [0.3, 0.4) is 0 Å². The lowest BCUT2D eigenvalue weighted by Crippen LogP contribution is -2.42. The van der Waals surface area contributed by atoms with E-state index in [-0.39, 0.29) is 31.3 Å². The SMILES string of the molecule is CNC(=O)C(C)CC(=O)NC(CCCN=C(N)N)C(=O)O. The predicted octanol–water partition coefficient (Wildman–Crippen LogP) is -1.62. The van der Waals surface area contributed by atoms with E-state index in [0.29, 0.717) is 6.42 Å². The molecule has 2 amide bonds. The Kier molecular flexibility index (Phi) is 8.51. The van der Waals surface area contributed by atoms with E-state index < -0.39 is 23.8 Å². The molecule has 120 valence electrons. The fraction of sp³-hybridized carbons (Fsp3) is 0.667. The van der Waals surface area contributed by atoms with Crippen LogP contribution in [0.15, 0.2) is 4.99 Å². The minimum absolute atomic E-state index is 0.0645. The number of nitrogens with one attached hydrogen (secondary N) is 2. The van der Waals surface area contributed by atoms with Gasteiger partial charge in [0.2, 0.25) is 11.8 Å². The third-order valence-electron chi connectivity index (χ3n) is 2.76. The number of hydrogen-bond acceptors (Lipinski definition) is 4. The molecule has 0 saturated carbocycles. The minimum atomic E-state index is -1.14. The van der Waals surface area contributed by atoms with Crippen LogP contribution in [0, 0.1) is 5.92 Å². The van der Waals surface area contributed by atoms with E-state index in [2.05, 4.69) is 15.6 Å². The summed E-state index contributed by atoms with van der Waals surface area (Å²) in [5.41, 5.74) is 10.3. The van der Waals surface area contributed by atoms with Crippen LogP contribution in [0.4, 0.5) is 0 Å². The topological polar surface area (TPSA) is 160 Å².